The van der Waals surface area contributed by atoms with Gasteiger partial charge >= 0.3 is 0 Å². The molecule has 3 heteroatoms. The van der Waals surface area contributed by atoms with Crippen LogP contribution in [-0.2, 0) is 0 Å². The summed E-state index contributed by atoms with van der Waals surface area (Å²) in [5.41, 5.74) is 2.64. The first kappa shape index (κ1) is 12.4. The highest BCUT2D eigenvalue weighted by Gasteiger charge is 2.13. The first-order valence-corrected chi connectivity index (χ1v) is 6.03. The van der Waals surface area contributed by atoms with Gasteiger partial charge in [-0.05, 0) is 24.6 Å². The number of hydrogen-bond donors (Lipinski definition) is 1. The summed E-state index contributed by atoms with van der Waals surface area (Å²) in [5.74, 6) is 0. The monoisotopic (exact) mass is 266 g/mol. The third-order valence-electron chi connectivity index (χ3n) is 2.65. The van der Waals surface area contributed by atoms with Crippen LogP contribution in [0.15, 0.2) is 42.5 Å². The molecule has 2 rings (SSSR count). The summed E-state index contributed by atoms with van der Waals surface area (Å²) >= 11 is 11.9. The molecule has 0 amide bonds. The van der Waals surface area contributed by atoms with Crippen LogP contribution >= 0.6 is 23.2 Å². The van der Waals surface area contributed by atoms with Gasteiger partial charge in [-0.3, -0.25) is 0 Å². The van der Waals surface area contributed by atoms with Gasteiger partial charge in [-0.15, -0.1) is 0 Å². The zero-order chi connectivity index (χ0) is 12.4. The SMILES string of the molecule is Cc1ccc([C@H](O)c2ccc(Cl)cc2Cl)cc1. The standard InChI is InChI=1S/C14H12Cl2O/c1-9-2-4-10(5-3-9)14(17)12-7-6-11(15)8-13(12)16/h2-8,14,17H,1H3/t14-/m0/s1. The molecule has 0 aliphatic heterocycles. The van der Waals surface area contributed by atoms with E-state index in [-0.39, 0.29) is 0 Å². The van der Waals surface area contributed by atoms with Crippen LogP contribution in [0.2, 0.25) is 10.0 Å². The van der Waals surface area contributed by atoms with E-state index < -0.39 is 6.10 Å². The van der Waals surface area contributed by atoms with Crippen LogP contribution < -0.4 is 0 Å². The van der Waals surface area contributed by atoms with Crippen molar-refractivity contribution in [3.05, 3.63) is 69.2 Å². The Morgan fingerprint density at radius 3 is 2.24 bits per heavy atom. The average Bonchev–Trinajstić information content (AvgIpc) is 2.29. The highest BCUT2D eigenvalue weighted by molar-refractivity contribution is 6.35. The lowest BCUT2D eigenvalue weighted by molar-refractivity contribution is 0.220. The maximum Gasteiger partial charge on any atom is 0.105 e. The summed E-state index contributed by atoms with van der Waals surface area (Å²) < 4.78 is 0. The Hall–Kier alpha value is -1.02. The maximum atomic E-state index is 10.2. The fourth-order valence-electron chi connectivity index (χ4n) is 1.65. The number of aliphatic hydroxyl groups excluding tert-OH is 1. The van der Waals surface area contributed by atoms with Crippen LogP contribution in [0, 0.1) is 6.92 Å². The molecule has 0 fully saturated rings. The van der Waals surface area contributed by atoms with Gasteiger partial charge in [0.1, 0.15) is 6.10 Å². The van der Waals surface area contributed by atoms with Crippen molar-refractivity contribution in [1.29, 1.82) is 0 Å². The molecule has 0 aliphatic carbocycles. The molecule has 2 aromatic carbocycles. The largest absolute Gasteiger partial charge is 0.384 e. The summed E-state index contributed by atoms with van der Waals surface area (Å²) in [6.07, 6.45) is -0.722. The Morgan fingerprint density at radius 2 is 1.65 bits per heavy atom. The van der Waals surface area contributed by atoms with Gasteiger partial charge in [0, 0.05) is 15.6 Å². The number of aryl methyl sites for hydroxylation is 1. The lowest BCUT2D eigenvalue weighted by Gasteiger charge is -2.13. The van der Waals surface area contributed by atoms with Crippen molar-refractivity contribution in [2.75, 3.05) is 0 Å². The maximum absolute atomic E-state index is 10.2. The van der Waals surface area contributed by atoms with Gasteiger partial charge in [-0.2, -0.15) is 0 Å². The third kappa shape index (κ3) is 2.81. The van der Waals surface area contributed by atoms with Gasteiger partial charge in [0.15, 0.2) is 0 Å². The van der Waals surface area contributed by atoms with Crippen molar-refractivity contribution < 1.29 is 5.11 Å². The van der Waals surface area contributed by atoms with E-state index in [0.717, 1.165) is 11.1 Å². The summed E-state index contributed by atoms with van der Waals surface area (Å²) in [6.45, 7) is 2.01. The molecule has 0 radical (unpaired) electrons. The summed E-state index contributed by atoms with van der Waals surface area (Å²) in [6, 6.07) is 12.8. The summed E-state index contributed by atoms with van der Waals surface area (Å²) in [4.78, 5) is 0. The molecular formula is C14H12Cl2O. The number of halogens is 2. The van der Waals surface area contributed by atoms with Gasteiger partial charge in [0.25, 0.3) is 0 Å². The zero-order valence-corrected chi connectivity index (χ0v) is 10.8. The number of rotatable bonds is 2. The van der Waals surface area contributed by atoms with E-state index in [9.17, 15) is 5.11 Å². The molecule has 17 heavy (non-hydrogen) atoms. The highest BCUT2D eigenvalue weighted by atomic mass is 35.5. The molecule has 1 N–H and O–H groups in total. The van der Waals surface area contributed by atoms with Crippen molar-refractivity contribution >= 4 is 23.2 Å². The van der Waals surface area contributed by atoms with Crippen LogP contribution in [0.4, 0.5) is 0 Å². The van der Waals surface area contributed by atoms with Crippen LogP contribution in [0.3, 0.4) is 0 Å². The molecule has 0 aromatic heterocycles. The van der Waals surface area contributed by atoms with E-state index in [0.29, 0.717) is 15.6 Å². The molecule has 0 aliphatic rings. The molecule has 1 atom stereocenters. The van der Waals surface area contributed by atoms with E-state index in [2.05, 4.69) is 0 Å². The topological polar surface area (TPSA) is 20.2 Å². The molecule has 88 valence electrons. The van der Waals surface area contributed by atoms with Crippen molar-refractivity contribution in [3.8, 4) is 0 Å². The minimum absolute atomic E-state index is 0.477. The molecule has 0 heterocycles. The van der Waals surface area contributed by atoms with Gasteiger partial charge in [0.2, 0.25) is 0 Å². The van der Waals surface area contributed by atoms with E-state index in [1.54, 1.807) is 18.2 Å². The second kappa shape index (κ2) is 5.09. The van der Waals surface area contributed by atoms with E-state index >= 15 is 0 Å². The molecule has 1 nitrogen and oxygen atoms in total. The average molecular weight is 267 g/mol. The first-order valence-electron chi connectivity index (χ1n) is 5.27. The van der Waals surface area contributed by atoms with E-state index in [1.165, 1.54) is 0 Å². The molecule has 2 aromatic rings. The minimum atomic E-state index is -0.722. The quantitative estimate of drug-likeness (QED) is 0.855. The van der Waals surface area contributed by atoms with Crippen LogP contribution in [0.1, 0.15) is 22.8 Å². The highest BCUT2D eigenvalue weighted by Crippen LogP contribution is 2.30. The van der Waals surface area contributed by atoms with E-state index in [4.69, 9.17) is 23.2 Å². The molecule has 0 saturated carbocycles. The van der Waals surface area contributed by atoms with Gasteiger partial charge in [-0.25, -0.2) is 0 Å². The Kier molecular flexibility index (Phi) is 3.72. The summed E-state index contributed by atoms with van der Waals surface area (Å²) in [5, 5.41) is 11.3. The number of hydrogen-bond acceptors (Lipinski definition) is 1. The van der Waals surface area contributed by atoms with Crippen molar-refractivity contribution in [2.45, 2.75) is 13.0 Å². The van der Waals surface area contributed by atoms with Crippen molar-refractivity contribution in [3.63, 3.8) is 0 Å². The molecular weight excluding hydrogens is 255 g/mol. The number of benzene rings is 2. The van der Waals surface area contributed by atoms with Crippen molar-refractivity contribution in [1.82, 2.24) is 0 Å². The number of aliphatic hydroxyl groups is 1. The molecule has 0 bridgehead atoms. The zero-order valence-electron chi connectivity index (χ0n) is 9.32. The normalized spacial score (nSPS) is 12.5. The van der Waals surface area contributed by atoms with Crippen LogP contribution in [0.25, 0.3) is 0 Å². The summed E-state index contributed by atoms with van der Waals surface area (Å²) in [7, 11) is 0. The molecule has 0 unspecified atom stereocenters. The Balaban J connectivity index is 2.36. The Bertz CT molecular complexity index is 520. The Morgan fingerprint density at radius 1 is 1.00 bits per heavy atom. The fourth-order valence-corrected chi connectivity index (χ4v) is 2.16. The van der Waals surface area contributed by atoms with Gasteiger partial charge in [0.05, 0.1) is 0 Å². The van der Waals surface area contributed by atoms with Gasteiger partial charge in [-0.1, -0.05) is 59.1 Å². The molecule has 0 saturated heterocycles. The van der Waals surface area contributed by atoms with Crippen molar-refractivity contribution in [2.24, 2.45) is 0 Å². The van der Waals surface area contributed by atoms with Gasteiger partial charge < -0.3 is 5.11 Å². The smallest absolute Gasteiger partial charge is 0.105 e. The lowest BCUT2D eigenvalue weighted by Crippen LogP contribution is -2.00. The first-order chi connectivity index (χ1) is 8.08. The predicted molar refractivity (Wildman–Crippen MR) is 71.7 cm³/mol. The fraction of sp³-hybridized carbons (Fsp3) is 0.143. The minimum Gasteiger partial charge on any atom is -0.384 e. The second-order valence-electron chi connectivity index (χ2n) is 3.98. The predicted octanol–water partition coefficient (Wildman–Crippen LogP) is 4.38. The Labute approximate surface area is 111 Å². The van der Waals surface area contributed by atoms with E-state index in [1.807, 2.05) is 31.2 Å². The van der Waals surface area contributed by atoms with Crippen LogP contribution in [-0.4, -0.2) is 5.11 Å². The second-order valence-corrected chi connectivity index (χ2v) is 4.82. The third-order valence-corrected chi connectivity index (χ3v) is 3.21. The lowest BCUT2D eigenvalue weighted by atomic mass is 10.0. The molecule has 0 spiro atoms. The van der Waals surface area contributed by atoms with Crippen LogP contribution in [0.5, 0.6) is 0 Å².